The lowest BCUT2D eigenvalue weighted by Gasteiger charge is -2.16. The molecule has 1 aliphatic carbocycles. The highest BCUT2D eigenvalue weighted by Gasteiger charge is 2.43. The standard InChI is InChI=1S/C25H26FN5O4/c1-14-4-6-16(22-29-24(35-30-22)17-9-19(17)26)8-20(14)28-23(32)18-10-27-31-11-15(5-7-21(18)31)12-34-13-25(2,3)33/h4-8,10-11,17,19,33H,9,12-13H2,1-3H3,(H,28,32)/t17-,19-/m0/s1. The number of rotatable bonds is 8. The molecule has 5 rings (SSSR count). The van der Waals surface area contributed by atoms with Crippen LogP contribution in [0.2, 0.25) is 0 Å². The first-order chi connectivity index (χ1) is 16.7. The summed E-state index contributed by atoms with van der Waals surface area (Å²) in [5.74, 6) is 0.0307. The Bertz CT molecular complexity index is 1390. The quantitative estimate of drug-likeness (QED) is 0.392. The molecule has 0 aliphatic heterocycles. The lowest BCUT2D eigenvalue weighted by molar-refractivity contribution is -0.0269. The lowest BCUT2D eigenvalue weighted by atomic mass is 10.1. The van der Waals surface area contributed by atoms with Crippen molar-refractivity contribution < 1.29 is 23.6 Å². The van der Waals surface area contributed by atoms with Gasteiger partial charge in [-0.25, -0.2) is 8.91 Å². The number of pyridine rings is 1. The molecular formula is C25H26FN5O4. The third kappa shape index (κ3) is 5.08. The normalized spacial score (nSPS) is 17.6. The van der Waals surface area contributed by atoms with Crippen LogP contribution in [0.4, 0.5) is 10.1 Å². The number of carbonyl (C=O) groups is 1. The van der Waals surface area contributed by atoms with Crippen LogP contribution < -0.4 is 5.32 Å². The number of fused-ring (bicyclic) bond motifs is 1. The van der Waals surface area contributed by atoms with Crippen molar-refractivity contribution in [2.24, 2.45) is 0 Å². The van der Waals surface area contributed by atoms with E-state index in [2.05, 4.69) is 20.6 Å². The first-order valence-electron chi connectivity index (χ1n) is 11.3. The van der Waals surface area contributed by atoms with E-state index in [0.717, 1.165) is 11.1 Å². The fourth-order valence-electron chi connectivity index (χ4n) is 3.71. The number of aromatic nitrogens is 4. The van der Waals surface area contributed by atoms with E-state index < -0.39 is 11.8 Å². The maximum Gasteiger partial charge on any atom is 0.259 e. The predicted octanol–water partition coefficient (Wildman–Crippen LogP) is 4.06. The Balaban J connectivity index is 1.31. The molecule has 2 atom stereocenters. The number of aliphatic hydroxyl groups is 1. The highest BCUT2D eigenvalue weighted by atomic mass is 19.1. The second-order valence-electron chi connectivity index (χ2n) is 9.53. The summed E-state index contributed by atoms with van der Waals surface area (Å²) in [5, 5.41) is 21.0. The smallest absolute Gasteiger partial charge is 0.259 e. The molecule has 1 saturated carbocycles. The molecule has 3 aromatic heterocycles. The number of hydrogen-bond acceptors (Lipinski definition) is 7. The van der Waals surface area contributed by atoms with E-state index in [0.29, 0.717) is 47.1 Å². The van der Waals surface area contributed by atoms with Gasteiger partial charge >= 0.3 is 0 Å². The van der Waals surface area contributed by atoms with Gasteiger partial charge in [0.05, 0.1) is 42.0 Å². The van der Waals surface area contributed by atoms with Crippen LogP contribution in [-0.2, 0) is 11.3 Å². The van der Waals surface area contributed by atoms with E-state index in [-0.39, 0.29) is 18.4 Å². The molecule has 10 heteroatoms. The zero-order valence-electron chi connectivity index (χ0n) is 19.7. The Kier molecular flexibility index (Phi) is 5.86. The van der Waals surface area contributed by atoms with Crippen LogP contribution >= 0.6 is 0 Å². The average molecular weight is 480 g/mol. The van der Waals surface area contributed by atoms with Crippen molar-refractivity contribution in [2.75, 3.05) is 11.9 Å². The minimum absolute atomic E-state index is 0.207. The number of halogens is 1. The number of benzene rings is 1. The molecule has 3 heterocycles. The molecule has 0 saturated heterocycles. The maximum absolute atomic E-state index is 13.3. The molecule has 0 radical (unpaired) electrons. The first kappa shape index (κ1) is 23.1. The number of ether oxygens (including phenoxy) is 1. The average Bonchev–Trinajstić information content (AvgIpc) is 3.19. The molecule has 4 aromatic rings. The van der Waals surface area contributed by atoms with E-state index in [1.807, 2.05) is 31.2 Å². The second kappa shape index (κ2) is 8.86. The number of anilines is 1. The second-order valence-corrected chi connectivity index (χ2v) is 9.53. The zero-order valence-corrected chi connectivity index (χ0v) is 19.7. The van der Waals surface area contributed by atoms with Crippen LogP contribution in [0.25, 0.3) is 16.9 Å². The summed E-state index contributed by atoms with van der Waals surface area (Å²) in [5.41, 5.74) is 3.15. The number of hydrogen-bond donors (Lipinski definition) is 2. The summed E-state index contributed by atoms with van der Waals surface area (Å²) in [7, 11) is 0. The van der Waals surface area contributed by atoms with Gasteiger partial charge < -0.3 is 19.7 Å². The largest absolute Gasteiger partial charge is 0.388 e. The van der Waals surface area contributed by atoms with Crippen molar-refractivity contribution in [3.8, 4) is 11.4 Å². The van der Waals surface area contributed by atoms with Gasteiger partial charge in [0.15, 0.2) is 0 Å². The summed E-state index contributed by atoms with van der Waals surface area (Å²) >= 11 is 0. The number of alkyl halides is 1. The molecule has 9 nitrogen and oxygen atoms in total. The van der Waals surface area contributed by atoms with Gasteiger partial charge in [-0.15, -0.1) is 0 Å². The molecule has 1 aromatic carbocycles. The van der Waals surface area contributed by atoms with Crippen molar-refractivity contribution in [1.29, 1.82) is 0 Å². The number of aryl methyl sites for hydroxylation is 1. The van der Waals surface area contributed by atoms with Crippen LogP contribution in [0, 0.1) is 6.92 Å². The number of nitrogens with zero attached hydrogens (tertiary/aromatic N) is 4. The van der Waals surface area contributed by atoms with Crippen molar-refractivity contribution >= 4 is 17.1 Å². The molecule has 0 bridgehead atoms. The van der Waals surface area contributed by atoms with Gasteiger partial charge in [0.25, 0.3) is 5.91 Å². The summed E-state index contributed by atoms with van der Waals surface area (Å²) in [6.45, 7) is 5.77. The fourth-order valence-corrected chi connectivity index (χ4v) is 3.71. The van der Waals surface area contributed by atoms with E-state index in [1.165, 1.54) is 6.20 Å². The summed E-state index contributed by atoms with van der Waals surface area (Å²) < 4.78 is 25.7. The number of amides is 1. The van der Waals surface area contributed by atoms with Gasteiger partial charge in [-0.3, -0.25) is 4.79 Å². The van der Waals surface area contributed by atoms with Crippen LogP contribution in [0.1, 0.15) is 53.6 Å². The summed E-state index contributed by atoms with van der Waals surface area (Å²) in [6, 6.07) is 9.12. The maximum atomic E-state index is 13.3. The highest BCUT2D eigenvalue weighted by Crippen LogP contribution is 2.43. The van der Waals surface area contributed by atoms with Gasteiger partial charge in [0, 0.05) is 17.4 Å². The Hall–Kier alpha value is -3.63. The third-order valence-electron chi connectivity index (χ3n) is 5.76. The van der Waals surface area contributed by atoms with Gasteiger partial charge in [-0.1, -0.05) is 23.4 Å². The van der Waals surface area contributed by atoms with Gasteiger partial charge in [-0.2, -0.15) is 10.1 Å². The van der Waals surface area contributed by atoms with E-state index in [1.54, 1.807) is 30.6 Å². The van der Waals surface area contributed by atoms with Crippen molar-refractivity contribution in [2.45, 2.75) is 51.5 Å². The summed E-state index contributed by atoms with van der Waals surface area (Å²) in [6.07, 6.45) is 2.79. The van der Waals surface area contributed by atoms with E-state index in [4.69, 9.17) is 9.26 Å². The van der Waals surface area contributed by atoms with Crippen molar-refractivity contribution in [3.63, 3.8) is 0 Å². The van der Waals surface area contributed by atoms with Crippen molar-refractivity contribution in [1.82, 2.24) is 19.8 Å². The SMILES string of the molecule is Cc1ccc(-c2noc([C@H]3C[C@@H]3F)n2)cc1NC(=O)c1cnn2cc(COCC(C)(C)O)ccc12. The van der Waals surface area contributed by atoms with Gasteiger partial charge in [0.2, 0.25) is 11.7 Å². The zero-order chi connectivity index (χ0) is 24.7. The Morgan fingerprint density at radius 1 is 1.34 bits per heavy atom. The Labute approximate surface area is 200 Å². The monoisotopic (exact) mass is 479 g/mol. The molecule has 2 N–H and O–H groups in total. The molecule has 0 unspecified atom stereocenters. The fraction of sp³-hybridized carbons (Fsp3) is 0.360. The molecule has 0 spiro atoms. The molecule has 1 fully saturated rings. The van der Waals surface area contributed by atoms with Crippen LogP contribution in [0.15, 0.2) is 47.2 Å². The van der Waals surface area contributed by atoms with Crippen LogP contribution in [0.3, 0.4) is 0 Å². The minimum Gasteiger partial charge on any atom is -0.388 e. The molecule has 1 aliphatic rings. The highest BCUT2D eigenvalue weighted by molar-refractivity contribution is 6.09. The molecule has 182 valence electrons. The minimum atomic E-state index is -0.918. The van der Waals surface area contributed by atoms with Crippen molar-refractivity contribution in [3.05, 3.63) is 65.3 Å². The van der Waals surface area contributed by atoms with E-state index in [9.17, 15) is 14.3 Å². The first-order valence-corrected chi connectivity index (χ1v) is 11.3. The lowest BCUT2D eigenvalue weighted by Crippen LogP contribution is -2.25. The van der Waals surface area contributed by atoms with Crippen LogP contribution in [0.5, 0.6) is 0 Å². The Morgan fingerprint density at radius 2 is 2.14 bits per heavy atom. The molecule has 35 heavy (non-hydrogen) atoms. The van der Waals surface area contributed by atoms with Gasteiger partial charge in [-0.05, 0) is 50.5 Å². The van der Waals surface area contributed by atoms with Crippen LogP contribution in [-0.4, -0.2) is 49.1 Å². The van der Waals surface area contributed by atoms with Gasteiger partial charge in [0.1, 0.15) is 6.17 Å². The predicted molar refractivity (Wildman–Crippen MR) is 126 cm³/mol. The van der Waals surface area contributed by atoms with E-state index >= 15 is 0 Å². The Morgan fingerprint density at radius 3 is 2.89 bits per heavy atom. The third-order valence-corrected chi connectivity index (χ3v) is 5.76. The summed E-state index contributed by atoms with van der Waals surface area (Å²) in [4.78, 5) is 17.4. The topological polar surface area (TPSA) is 115 Å². The number of nitrogens with one attached hydrogen (secondary N) is 1. The number of carbonyl (C=O) groups excluding carboxylic acids is 1. The molecule has 1 amide bonds. The molecular weight excluding hydrogens is 453 g/mol.